The molecular weight excluding hydrogens is 732 g/mol. The van der Waals surface area contributed by atoms with Crippen LogP contribution in [0.2, 0.25) is 0 Å². The lowest BCUT2D eigenvalue weighted by Gasteiger charge is -2.29. The highest BCUT2D eigenvalue weighted by molar-refractivity contribution is 7.45. The number of phosphoric ester groups is 1. The van der Waals surface area contributed by atoms with Crippen LogP contribution in [0.4, 0.5) is 0 Å². The maximum absolute atomic E-state index is 12.7. The summed E-state index contributed by atoms with van der Waals surface area (Å²) in [6.45, 7) is 4.50. The minimum Gasteiger partial charge on any atom is -0.756 e. The van der Waals surface area contributed by atoms with Crippen molar-refractivity contribution in [2.45, 2.75) is 238 Å². The van der Waals surface area contributed by atoms with Gasteiger partial charge in [0.15, 0.2) is 0 Å². The molecule has 0 aromatic heterocycles. The van der Waals surface area contributed by atoms with Crippen molar-refractivity contribution in [3.05, 3.63) is 24.3 Å². The molecule has 3 atom stereocenters. The van der Waals surface area contributed by atoms with Crippen molar-refractivity contribution < 1.29 is 32.9 Å². The average molecular weight is 827 g/mol. The molecule has 0 aliphatic carbocycles. The Hall–Kier alpha value is -1.02. The number of hydrogen-bond donors (Lipinski definition) is 2. The van der Waals surface area contributed by atoms with Crippen LogP contribution in [0.25, 0.3) is 0 Å². The van der Waals surface area contributed by atoms with Crippen LogP contribution < -0.4 is 10.2 Å². The molecule has 0 heterocycles. The van der Waals surface area contributed by atoms with Crippen molar-refractivity contribution in [3.63, 3.8) is 0 Å². The van der Waals surface area contributed by atoms with Crippen LogP contribution in [0.3, 0.4) is 0 Å². The molecule has 9 heteroatoms. The molecule has 57 heavy (non-hydrogen) atoms. The second-order valence-electron chi connectivity index (χ2n) is 17.8. The summed E-state index contributed by atoms with van der Waals surface area (Å²) in [5.74, 6) is -0.204. The van der Waals surface area contributed by atoms with Crippen LogP contribution in [-0.4, -0.2) is 68.5 Å². The molecule has 0 aliphatic heterocycles. The third-order valence-corrected chi connectivity index (χ3v) is 11.9. The topological polar surface area (TPSA) is 108 Å². The van der Waals surface area contributed by atoms with Gasteiger partial charge >= 0.3 is 0 Å². The number of nitrogens with one attached hydrogen (secondary N) is 1. The molecule has 338 valence electrons. The largest absolute Gasteiger partial charge is 0.756 e. The van der Waals surface area contributed by atoms with Crippen molar-refractivity contribution in [3.8, 4) is 0 Å². The highest BCUT2D eigenvalue weighted by Gasteiger charge is 2.23. The van der Waals surface area contributed by atoms with Gasteiger partial charge in [-0.15, -0.1) is 0 Å². The van der Waals surface area contributed by atoms with E-state index < -0.39 is 20.0 Å². The van der Waals surface area contributed by atoms with Gasteiger partial charge < -0.3 is 28.8 Å². The molecule has 0 rings (SSSR count). The number of rotatable bonds is 44. The number of aliphatic hydroxyl groups excluding tert-OH is 1. The van der Waals surface area contributed by atoms with E-state index in [1.165, 1.54) is 167 Å². The van der Waals surface area contributed by atoms with Gasteiger partial charge in [0.05, 0.1) is 39.9 Å². The fourth-order valence-corrected chi connectivity index (χ4v) is 7.74. The first-order valence-electron chi connectivity index (χ1n) is 24.2. The van der Waals surface area contributed by atoms with Gasteiger partial charge in [-0.2, -0.15) is 0 Å². The molecular formula is C48H95N2O6P. The number of hydrogen-bond acceptors (Lipinski definition) is 6. The fourth-order valence-electron chi connectivity index (χ4n) is 7.02. The van der Waals surface area contributed by atoms with Crippen LogP contribution in [0.15, 0.2) is 24.3 Å². The van der Waals surface area contributed by atoms with Crippen LogP contribution in [0.5, 0.6) is 0 Å². The van der Waals surface area contributed by atoms with Gasteiger partial charge in [0.2, 0.25) is 5.91 Å². The molecule has 0 bridgehead atoms. The normalized spacial score (nSPS) is 14.4. The third kappa shape index (κ3) is 42.9. The first kappa shape index (κ1) is 56.0. The molecule has 0 radical (unpaired) electrons. The Morgan fingerprint density at radius 1 is 0.596 bits per heavy atom. The maximum atomic E-state index is 12.7. The Bertz CT molecular complexity index is 984. The Morgan fingerprint density at radius 2 is 0.982 bits per heavy atom. The smallest absolute Gasteiger partial charge is 0.268 e. The number of carbonyl (C=O) groups is 1. The molecule has 0 aliphatic rings. The maximum Gasteiger partial charge on any atom is 0.268 e. The van der Waals surface area contributed by atoms with Crippen LogP contribution in [-0.2, 0) is 18.4 Å². The van der Waals surface area contributed by atoms with Crippen molar-refractivity contribution >= 4 is 13.7 Å². The van der Waals surface area contributed by atoms with Gasteiger partial charge in [0.1, 0.15) is 13.2 Å². The molecule has 0 aromatic carbocycles. The molecule has 8 nitrogen and oxygen atoms in total. The Morgan fingerprint density at radius 3 is 1.40 bits per heavy atom. The number of quaternary nitrogens is 1. The minimum atomic E-state index is -4.56. The first-order valence-corrected chi connectivity index (χ1v) is 25.7. The Labute approximate surface area is 354 Å². The molecule has 1 amide bonds. The van der Waals surface area contributed by atoms with Crippen LogP contribution >= 0.6 is 7.82 Å². The fraction of sp³-hybridized carbons (Fsp3) is 0.896. The van der Waals surface area contributed by atoms with Crippen molar-refractivity contribution in [2.24, 2.45) is 0 Å². The number of carbonyl (C=O) groups excluding carboxylic acids is 1. The number of unbranched alkanes of at least 4 members (excludes halogenated alkanes) is 29. The van der Waals surface area contributed by atoms with Crippen molar-refractivity contribution in [1.29, 1.82) is 0 Å². The highest BCUT2D eigenvalue weighted by atomic mass is 31.2. The third-order valence-electron chi connectivity index (χ3n) is 10.9. The second-order valence-corrected chi connectivity index (χ2v) is 19.2. The molecule has 2 N–H and O–H groups in total. The summed E-state index contributed by atoms with van der Waals surface area (Å²) in [7, 11) is 1.26. The quantitative estimate of drug-likeness (QED) is 0.0274. The first-order chi connectivity index (χ1) is 27.5. The van der Waals surface area contributed by atoms with Crippen molar-refractivity contribution in [1.82, 2.24) is 5.32 Å². The van der Waals surface area contributed by atoms with Gasteiger partial charge in [-0.05, 0) is 38.5 Å². The molecule has 0 saturated carbocycles. The highest BCUT2D eigenvalue weighted by Crippen LogP contribution is 2.38. The van der Waals surface area contributed by atoms with E-state index in [0.29, 0.717) is 17.4 Å². The van der Waals surface area contributed by atoms with E-state index >= 15 is 0 Å². The number of allylic oxidation sites excluding steroid dienone is 3. The predicted octanol–water partition coefficient (Wildman–Crippen LogP) is 13.1. The lowest BCUT2D eigenvalue weighted by molar-refractivity contribution is -0.870. The van der Waals surface area contributed by atoms with E-state index in [0.717, 1.165) is 38.5 Å². The number of aliphatic hydroxyl groups is 1. The summed E-state index contributed by atoms with van der Waals surface area (Å²) in [5.41, 5.74) is 0. The molecule has 3 unspecified atom stereocenters. The number of amides is 1. The van der Waals surface area contributed by atoms with Crippen LogP contribution in [0, 0.1) is 0 Å². The molecule has 0 aromatic rings. The zero-order valence-corrected chi connectivity index (χ0v) is 39.2. The zero-order valence-electron chi connectivity index (χ0n) is 38.3. The summed E-state index contributed by atoms with van der Waals surface area (Å²) >= 11 is 0. The molecule has 0 fully saturated rings. The van der Waals surface area contributed by atoms with Crippen molar-refractivity contribution in [2.75, 3.05) is 40.9 Å². The monoisotopic (exact) mass is 827 g/mol. The number of likely N-dealkylation sites (N-methyl/N-ethyl adjacent to an activating group) is 1. The van der Waals surface area contributed by atoms with E-state index in [4.69, 9.17) is 9.05 Å². The summed E-state index contributed by atoms with van der Waals surface area (Å²) < 4.78 is 22.9. The summed E-state index contributed by atoms with van der Waals surface area (Å²) in [5, 5.41) is 13.5. The van der Waals surface area contributed by atoms with Crippen LogP contribution in [0.1, 0.15) is 226 Å². The van der Waals surface area contributed by atoms with E-state index in [1.54, 1.807) is 6.08 Å². The second kappa shape index (κ2) is 40.4. The van der Waals surface area contributed by atoms with E-state index in [2.05, 4.69) is 31.3 Å². The zero-order chi connectivity index (χ0) is 42.1. The standard InChI is InChI=1S/C48H95N2O6P/c1-6-8-10-12-13-14-15-16-17-18-19-20-21-22-23-24-25-26-27-28-29-30-31-32-33-34-35-36-37-38-40-42-48(52)49-46(47(51)41-39-11-9-7-2)45-56-57(53,54)55-44-43-50(3,4)5/h18-19,39,41,46-47,51H,6-17,20-38,40,42-45H2,1-5H3,(H-,49,52,53,54)/b19-18-,41-39+. The molecule has 0 spiro atoms. The van der Waals surface area contributed by atoms with E-state index in [9.17, 15) is 19.4 Å². The average Bonchev–Trinajstić information content (AvgIpc) is 3.16. The van der Waals surface area contributed by atoms with Gasteiger partial charge in [-0.25, -0.2) is 0 Å². The molecule has 0 saturated heterocycles. The SMILES string of the molecule is CCCC/C=C/C(O)C(COP(=O)([O-])OCC[N+](C)(C)C)NC(=O)CCCCCCCCCCCCCCCCCCCCC/C=C\CCCCCCCCCC. The summed E-state index contributed by atoms with van der Waals surface area (Å²) in [6, 6.07) is -0.878. The van der Waals surface area contributed by atoms with E-state index in [1.807, 2.05) is 27.2 Å². The predicted molar refractivity (Wildman–Crippen MR) is 242 cm³/mol. The van der Waals surface area contributed by atoms with Gasteiger partial charge in [0.25, 0.3) is 7.82 Å². The van der Waals surface area contributed by atoms with E-state index in [-0.39, 0.29) is 19.1 Å². The minimum absolute atomic E-state index is 0.000602. The summed E-state index contributed by atoms with van der Waals surface area (Å²) in [6.07, 6.45) is 49.0. The lowest BCUT2D eigenvalue weighted by Crippen LogP contribution is -2.45. The number of phosphoric acid groups is 1. The lowest BCUT2D eigenvalue weighted by atomic mass is 10.0. The van der Waals surface area contributed by atoms with Gasteiger partial charge in [-0.3, -0.25) is 9.36 Å². The summed E-state index contributed by atoms with van der Waals surface area (Å²) in [4.78, 5) is 25.0. The van der Waals surface area contributed by atoms with Gasteiger partial charge in [-0.1, -0.05) is 205 Å². The Kier molecular flexibility index (Phi) is 39.7. The Balaban J connectivity index is 3.77. The number of nitrogens with zero attached hydrogens (tertiary/aromatic N) is 1. The van der Waals surface area contributed by atoms with Gasteiger partial charge in [0, 0.05) is 6.42 Å².